The Kier molecular flexibility index (Phi) is 2.72. The van der Waals surface area contributed by atoms with Gasteiger partial charge in [-0.2, -0.15) is 0 Å². The fourth-order valence-corrected chi connectivity index (χ4v) is 2.92. The van der Waals surface area contributed by atoms with Crippen molar-refractivity contribution in [2.45, 2.75) is 70.2 Å². The average molecular weight is 200 g/mol. The van der Waals surface area contributed by atoms with Crippen LogP contribution in [0.4, 0.5) is 0 Å². The summed E-state index contributed by atoms with van der Waals surface area (Å²) in [6.07, 6.45) is 1.42. The van der Waals surface area contributed by atoms with Crippen molar-refractivity contribution in [2.75, 3.05) is 0 Å². The van der Waals surface area contributed by atoms with Crippen LogP contribution in [-0.4, -0.2) is 27.8 Å². The van der Waals surface area contributed by atoms with Gasteiger partial charge < -0.3 is 16.2 Å². The molecule has 14 heavy (non-hydrogen) atoms. The van der Waals surface area contributed by atoms with Crippen molar-refractivity contribution in [2.24, 2.45) is 5.73 Å². The first kappa shape index (κ1) is 12.0. The molecule has 3 nitrogen and oxygen atoms in total. The number of rotatable bonds is 1. The Morgan fingerprint density at radius 1 is 1.14 bits per heavy atom. The number of aliphatic hydroxyl groups is 1. The van der Waals surface area contributed by atoms with Crippen molar-refractivity contribution in [3.8, 4) is 0 Å². The predicted octanol–water partition coefficient (Wildman–Crippen LogP) is 1.01. The summed E-state index contributed by atoms with van der Waals surface area (Å²) in [5.41, 5.74) is 5.03. The van der Waals surface area contributed by atoms with Crippen molar-refractivity contribution in [1.82, 2.24) is 5.32 Å². The molecule has 0 aromatic heterocycles. The van der Waals surface area contributed by atoms with E-state index < -0.39 is 5.60 Å². The number of nitrogens with two attached hydrogens (primary N) is 1. The molecule has 3 heteroatoms. The van der Waals surface area contributed by atoms with Crippen LogP contribution >= 0.6 is 0 Å². The fourth-order valence-electron chi connectivity index (χ4n) is 2.92. The van der Waals surface area contributed by atoms with Crippen LogP contribution in [0, 0.1) is 0 Å². The molecule has 1 atom stereocenters. The van der Waals surface area contributed by atoms with Gasteiger partial charge in [-0.15, -0.1) is 0 Å². The lowest BCUT2D eigenvalue weighted by Gasteiger charge is -2.52. The van der Waals surface area contributed by atoms with E-state index in [4.69, 9.17) is 5.73 Å². The first-order valence-electron chi connectivity index (χ1n) is 5.34. The van der Waals surface area contributed by atoms with Gasteiger partial charge in [0.15, 0.2) is 0 Å². The normalized spacial score (nSPS) is 31.1. The van der Waals surface area contributed by atoms with Gasteiger partial charge >= 0.3 is 0 Å². The molecular weight excluding hydrogens is 176 g/mol. The lowest BCUT2D eigenvalue weighted by molar-refractivity contribution is -0.0696. The molecule has 1 rings (SSSR count). The lowest BCUT2D eigenvalue weighted by Crippen LogP contribution is -2.67. The Bertz CT molecular complexity index is 205. The molecule has 1 aliphatic heterocycles. The van der Waals surface area contributed by atoms with E-state index in [0.717, 1.165) is 0 Å². The highest BCUT2D eigenvalue weighted by Gasteiger charge is 2.47. The molecule has 0 spiro atoms. The summed E-state index contributed by atoms with van der Waals surface area (Å²) < 4.78 is 0. The molecular formula is C11H24N2O. The quantitative estimate of drug-likeness (QED) is 0.592. The van der Waals surface area contributed by atoms with Crippen molar-refractivity contribution in [3.05, 3.63) is 0 Å². The summed E-state index contributed by atoms with van der Waals surface area (Å²) in [5.74, 6) is 0. The van der Waals surface area contributed by atoms with E-state index in [2.05, 4.69) is 33.0 Å². The van der Waals surface area contributed by atoms with E-state index in [9.17, 15) is 5.11 Å². The summed E-state index contributed by atoms with van der Waals surface area (Å²) in [6.45, 7) is 10.3. The first-order valence-corrected chi connectivity index (χ1v) is 5.34. The molecule has 1 fully saturated rings. The lowest BCUT2D eigenvalue weighted by atomic mass is 9.70. The highest BCUT2D eigenvalue weighted by Crippen LogP contribution is 2.37. The topological polar surface area (TPSA) is 58.3 Å². The third kappa shape index (κ3) is 2.47. The smallest absolute Gasteiger partial charge is 0.0829 e. The molecule has 0 amide bonds. The van der Waals surface area contributed by atoms with E-state index in [1.807, 2.05) is 6.92 Å². The van der Waals surface area contributed by atoms with Crippen molar-refractivity contribution >= 4 is 0 Å². The highest BCUT2D eigenvalue weighted by molar-refractivity contribution is 5.06. The molecule has 4 N–H and O–H groups in total. The Hall–Kier alpha value is -0.120. The molecule has 0 aromatic rings. The Morgan fingerprint density at radius 3 is 1.79 bits per heavy atom. The molecule has 0 bridgehead atoms. The van der Waals surface area contributed by atoms with Gasteiger partial charge in [0.2, 0.25) is 0 Å². The van der Waals surface area contributed by atoms with Gasteiger partial charge in [-0.05, 0) is 47.5 Å². The minimum absolute atomic E-state index is 0.0515. The van der Waals surface area contributed by atoms with Gasteiger partial charge in [-0.3, -0.25) is 0 Å². The largest absolute Gasteiger partial charge is 0.388 e. The number of hydrogen-bond acceptors (Lipinski definition) is 3. The van der Waals surface area contributed by atoms with Crippen LogP contribution < -0.4 is 11.1 Å². The monoisotopic (exact) mass is 200 g/mol. The molecule has 0 saturated carbocycles. The Morgan fingerprint density at radius 2 is 1.50 bits per heavy atom. The maximum Gasteiger partial charge on any atom is 0.0829 e. The molecule has 84 valence electrons. The predicted molar refractivity (Wildman–Crippen MR) is 59.1 cm³/mol. The van der Waals surface area contributed by atoms with Gasteiger partial charge in [0, 0.05) is 17.1 Å². The summed E-state index contributed by atoms with van der Waals surface area (Å²) in [5, 5.41) is 14.0. The van der Waals surface area contributed by atoms with Gasteiger partial charge in [-0.25, -0.2) is 0 Å². The molecule has 0 aromatic carbocycles. The number of hydrogen-bond donors (Lipinski definition) is 3. The number of nitrogens with one attached hydrogen (secondary N) is 1. The summed E-state index contributed by atoms with van der Waals surface area (Å²) in [6, 6.07) is -0.178. The SMILES string of the molecule is CC(N)C1(O)CC(C)(C)NC(C)(C)C1. The van der Waals surface area contributed by atoms with Crippen LogP contribution in [0.2, 0.25) is 0 Å². The second kappa shape index (κ2) is 3.19. The van der Waals surface area contributed by atoms with Crippen LogP contribution in [0.3, 0.4) is 0 Å². The summed E-state index contributed by atoms with van der Waals surface area (Å²) in [4.78, 5) is 0. The second-order valence-electron chi connectivity index (χ2n) is 6.14. The summed E-state index contributed by atoms with van der Waals surface area (Å²) >= 11 is 0. The van der Waals surface area contributed by atoms with Gasteiger partial charge in [0.05, 0.1) is 5.60 Å². The Balaban J connectivity index is 2.92. The number of piperidine rings is 1. The van der Waals surface area contributed by atoms with Crippen molar-refractivity contribution in [3.63, 3.8) is 0 Å². The van der Waals surface area contributed by atoms with Crippen LogP contribution in [0.1, 0.15) is 47.5 Å². The molecule has 1 aliphatic rings. The van der Waals surface area contributed by atoms with E-state index in [1.54, 1.807) is 0 Å². The van der Waals surface area contributed by atoms with E-state index in [1.165, 1.54) is 0 Å². The maximum absolute atomic E-state index is 10.5. The van der Waals surface area contributed by atoms with Crippen LogP contribution in [0.25, 0.3) is 0 Å². The van der Waals surface area contributed by atoms with Gasteiger partial charge in [0.25, 0.3) is 0 Å². The van der Waals surface area contributed by atoms with Gasteiger partial charge in [0.1, 0.15) is 0 Å². The van der Waals surface area contributed by atoms with Crippen molar-refractivity contribution in [1.29, 1.82) is 0 Å². The van der Waals surface area contributed by atoms with E-state index >= 15 is 0 Å². The average Bonchev–Trinajstić information content (AvgIpc) is 1.76. The van der Waals surface area contributed by atoms with E-state index in [-0.39, 0.29) is 17.1 Å². The molecule has 1 heterocycles. The molecule has 1 unspecified atom stereocenters. The standard InChI is InChI=1S/C11H24N2O/c1-8(12)11(14)6-9(2,3)13-10(4,5)7-11/h8,13-14H,6-7,12H2,1-5H3. The third-order valence-electron chi connectivity index (χ3n) is 3.02. The maximum atomic E-state index is 10.5. The Labute approximate surface area is 87.1 Å². The zero-order chi connectivity index (χ0) is 11.2. The first-order chi connectivity index (χ1) is 6.06. The highest BCUT2D eigenvalue weighted by atomic mass is 16.3. The molecule has 1 saturated heterocycles. The third-order valence-corrected chi connectivity index (χ3v) is 3.02. The minimum Gasteiger partial charge on any atom is -0.388 e. The van der Waals surface area contributed by atoms with Crippen LogP contribution in [0.5, 0.6) is 0 Å². The minimum atomic E-state index is -0.738. The van der Waals surface area contributed by atoms with E-state index in [0.29, 0.717) is 12.8 Å². The molecule has 0 radical (unpaired) electrons. The van der Waals surface area contributed by atoms with Crippen LogP contribution in [-0.2, 0) is 0 Å². The van der Waals surface area contributed by atoms with Gasteiger partial charge in [-0.1, -0.05) is 0 Å². The zero-order valence-corrected chi connectivity index (χ0v) is 10.0. The fraction of sp³-hybridized carbons (Fsp3) is 1.00. The second-order valence-corrected chi connectivity index (χ2v) is 6.14. The zero-order valence-electron chi connectivity index (χ0n) is 10.0. The van der Waals surface area contributed by atoms with Crippen molar-refractivity contribution < 1.29 is 5.11 Å². The molecule has 0 aliphatic carbocycles. The summed E-state index contributed by atoms with van der Waals surface area (Å²) in [7, 11) is 0. The van der Waals surface area contributed by atoms with Crippen LogP contribution in [0.15, 0.2) is 0 Å².